The van der Waals surface area contributed by atoms with Crippen molar-refractivity contribution >= 4 is 29.9 Å². The number of halogens is 1. The van der Waals surface area contributed by atoms with Crippen molar-refractivity contribution in [2.45, 2.75) is 59.6 Å². The van der Waals surface area contributed by atoms with Crippen molar-refractivity contribution in [1.29, 1.82) is 0 Å². The van der Waals surface area contributed by atoms with Crippen LogP contribution in [0.25, 0.3) is 0 Å². The van der Waals surface area contributed by atoms with E-state index in [4.69, 9.17) is 9.73 Å². The largest absolute Gasteiger partial charge is 0.489 e. The highest BCUT2D eigenvalue weighted by molar-refractivity contribution is 14.0. The van der Waals surface area contributed by atoms with E-state index in [1.54, 1.807) is 0 Å². The summed E-state index contributed by atoms with van der Waals surface area (Å²) in [5.41, 5.74) is 3.62. The number of ether oxygens (including phenoxy) is 1. The first kappa shape index (κ1) is 25.3. The third-order valence-corrected chi connectivity index (χ3v) is 4.85. The quantitative estimate of drug-likeness (QED) is 0.302. The molecule has 0 aliphatic rings. The van der Waals surface area contributed by atoms with E-state index >= 15 is 0 Å². The maximum Gasteiger partial charge on any atom is 0.191 e. The smallest absolute Gasteiger partial charge is 0.191 e. The predicted molar refractivity (Wildman–Crippen MR) is 132 cm³/mol. The number of benzene rings is 1. The summed E-state index contributed by atoms with van der Waals surface area (Å²) in [5.74, 6) is 1.71. The molecule has 0 saturated heterocycles. The normalized spacial score (nSPS) is 13.4. The summed E-state index contributed by atoms with van der Waals surface area (Å²) in [6.07, 6.45) is 1.87. The zero-order valence-electron chi connectivity index (χ0n) is 18.5. The van der Waals surface area contributed by atoms with Crippen molar-refractivity contribution in [1.82, 2.24) is 20.4 Å². The average molecular weight is 513 g/mol. The van der Waals surface area contributed by atoms with Crippen molar-refractivity contribution in [3.63, 3.8) is 0 Å². The van der Waals surface area contributed by atoms with Gasteiger partial charge in [-0.2, -0.15) is 5.10 Å². The molecule has 0 bridgehead atoms. The lowest BCUT2D eigenvalue weighted by Gasteiger charge is -2.20. The average Bonchev–Trinajstić information content (AvgIpc) is 2.92. The van der Waals surface area contributed by atoms with E-state index in [0.717, 1.165) is 36.8 Å². The van der Waals surface area contributed by atoms with Gasteiger partial charge in [0.2, 0.25) is 0 Å². The van der Waals surface area contributed by atoms with Gasteiger partial charge in [-0.1, -0.05) is 25.1 Å². The predicted octanol–water partition coefficient (Wildman–Crippen LogP) is 4.00. The number of aliphatic imine (C=N–C) groups is 1. The lowest BCUT2D eigenvalue weighted by molar-refractivity contribution is 0.205. The lowest BCUT2D eigenvalue weighted by atomic mass is 10.1. The molecule has 0 amide bonds. The van der Waals surface area contributed by atoms with Crippen LogP contribution in [0.4, 0.5) is 0 Å². The highest BCUT2D eigenvalue weighted by atomic mass is 127. The molecule has 0 spiro atoms. The first-order chi connectivity index (χ1) is 13.4. The van der Waals surface area contributed by atoms with Gasteiger partial charge in [-0.05, 0) is 58.2 Å². The van der Waals surface area contributed by atoms with Gasteiger partial charge in [-0.3, -0.25) is 4.68 Å². The molecule has 2 aromatic rings. The first-order valence-electron chi connectivity index (χ1n) is 10.2. The van der Waals surface area contributed by atoms with E-state index in [1.165, 1.54) is 11.3 Å². The van der Waals surface area contributed by atoms with Crippen LogP contribution >= 0.6 is 24.0 Å². The minimum Gasteiger partial charge on any atom is -0.489 e. The van der Waals surface area contributed by atoms with Crippen LogP contribution in [-0.4, -0.2) is 41.0 Å². The molecule has 0 saturated carbocycles. The summed E-state index contributed by atoms with van der Waals surface area (Å²) in [4.78, 5) is 4.76. The van der Waals surface area contributed by atoms with Gasteiger partial charge >= 0.3 is 0 Å². The number of guanidine groups is 1. The fourth-order valence-corrected chi connectivity index (χ4v) is 3.16. The zero-order chi connectivity index (χ0) is 20.5. The van der Waals surface area contributed by atoms with E-state index in [2.05, 4.69) is 50.4 Å². The molecule has 2 atom stereocenters. The molecular weight excluding hydrogens is 477 g/mol. The minimum atomic E-state index is 0. The van der Waals surface area contributed by atoms with Crippen molar-refractivity contribution in [2.24, 2.45) is 12.0 Å². The van der Waals surface area contributed by atoms with Crippen LogP contribution in [0.3, 0.4) is 0 Å². The van der Waals surface area contributed by atoms with Crippen LogP contribution in [0.15, 0.2) is 35.3 Å². The molecule has 0 fully saturated rings. The van der Waals surface area contributed by atoms with E-state index in [0.29, 0.717) is 6.54 Å². The Morgan fingerprint density at radius 2 is 1.90 bits per heavy atom. The van der Waals surface area contributed by atoms with Gasteiger partial charge in [0, 0.05) is 25.3 Å². The van der Waals surface area contributed by atoms with Crippen molar-refractivity contribution in [2.75, 3.05) is 13.1 Å². The Hall–Kier alpha value is -1.77. The van der Waals surface area contributed by atoms with Crippen LogP contribution in [0.5, 0.6) is 5.75 Å². The Labute approximate surface area is 192 Å². The Morgan fingerprint density at radius 3 is 2.45 bits per heavy atom. The highest BCUT2D eigenvalue weighted by Gasteiger charge is 2.14. The standard InChI is InChI=1S/C22H35N5O.HI/c1-7-19(28-20-12-10-9-11-13-20)15-24-22(23-8-2)25-16(3)14-21-17(4)26-27(6)18(21)5;/h9-13,16,19H,7-8,14-15H2,1-6H3,(H2,23,24,25);1H. The molecule has 6 nitrogen and oxygen atoms in total. The molecule has 1 heterocycles. The Balaban J connectivity index is 0.00000420. The third kappa shape index (κ3) is 7.87. The van der Waals surface area contributed by atoms with Gasteiger partial charge in [-0.15, -0.1) is 24.0 Å². The summed E-state index contributed by atoms with van der Waals surface area (Å²) in [5, 5.41) is 11.4. The second-order valence-electron chi connectivity index (χ2n) is 7.20. The molecule has 2 N–H and O–H groups in total. The van der Waals surface area contributed by atoms with E-state index < -0.39 is 0 Å². The molecular formula is C22H36IN5O. The second-order valence-corrected chi connectivity index (χ2v) is 7.20. The van der Waals surface area contributed by atoms with Crippen molar-refractivity contribution in [3.05, 3.63) is 47.3 Å². The first-order valence-corrected chi connectivity index (χ1v) is 10.2. The molecule has 162 valence electrons. The van der Waals surface area contributed by atoms with Gasteiger partial charge in [0.15, 0.2) is 5.96 Å². The van der Waals surface area contributed by atoms with Crippen LogP contribution < -0.4 is 15.4 Å². The molecule has 0 aliphatic heterocycles. The highest BCUT2D eigenvalue weighted by Crippen LogP contribution is 2.14. The molecule has 2 rings (SSSR count). The van der Waals surface area contributed by atoms with Crippen molar-refractivity contribution in [3.8, 4) is 5.75 Å². The second kappa shape index (κ2) is 12.7. The van der Waals surface area contributed by atoms with E-state index in [9.17, 15) is 0 Å². The van der Waals surface area contributed by atoms with Crippen molar-refractivity contribution < 1.29 is 4.74 Å². The SMILES string of the molecule is CCNC(=NCC(CC)Oc1ccccc1)NC(C)Cc1c(C)nn(C)c1C.I. The maximum atomic E-state index is 6.05. The number of aryl methyl sites for hydroxylation is 2. The summed E-state index contributed by atoms with van der Waals surface area (Å²) in [7, 11) is 1.99. The van der Waals surface area contributed by atoms with Gasteiger partial charge in [-0.25, -0.2) is 4.99 Å². The molecule has 0 radical (unpaired) electrons. The lowest BCUT2D eigenvalue weighted by Crippen LogP contribution is -2.43. The monoisotopic (exact) mass is 513 g/mol. The van der Waals surface area contributed by atoms with Crippen LogP contribution in [0.2, 0.25) is 0 Å². The zero-order valence-corrected chi connectivity index (χ0v) is 20.9. The Kier molecular flexibility index (Phi) is 11.1. The van der Waals surface area contributed by atoms with Crippen LogP contribution in [0, 0.1) is 13.8 Å². The number of para-hydroxylation sites is 1. The third-order valence-electron chi connectivity index (χ3n) is 4.85. The van der Waals surface area contributed by atoms with Crippen LogP contribution in [-0.2, 0) is 13.5 Å². The summed E-state index contributed by atoms with van der Waals surface area (Å²) in [6, 6.07) is 10.2. The van der Waals surface area contributed by atoms with Gasteiger partial charge in [0.1, 0.15) is 11.9 Å². The number of rotatable bonds is 9. The fraction of sp³-hybridized carbons (Fsp3) is 0.545. The van der Waals surface area contributed by atoms with Gasteiger partial charge in [0.25, 0.3) is 0 Å². The molecule has 1 aromatic carbocycles. The number of nitrogens with zero attached hydrogens (tertiary/aromatic N) is 3. The van der Waals surface area contributed by atoms with E-state index in [1.807, 2.05) is 42.1 Å². The molecule has 7 heteroatoms. The Morgan fingerprint density at radius 1 is 1.21 bits per heavy atom. The molecule has 0 aliphatic carbocycles. The maximum absolute atomic E-state index is 6.05. The summed E-state index contributed by atoms with van der Waals surface area (Å²) in [6.45, 7) is 12.0. The van der Waals surface area contributed by atoms with Gasteiger partial charge in [0.05, 0.1) is 12.2 Å². The fourth-order valence-electron chi connectivity index (χ4n) is 3.16. The number of hydrogen-bond acceptors (Lipinski definition) is 3. The van der Waals surface area contributed by atoms with Crippen LogP contribution in [0.1, 0.15) is 44.1 Å². The Bertz CT molecular complexity index is 760. The molecule has 2 unspecified atom stereocenters. The molecule has 29 heavy (non-hydrogen) atoms. The number of aromatic nitrogens is 2. The molecule has 1 aromatic heterocycles. The minimum absolute atomic E-state index is 0. The summed E-state index contributed by atoms with van der Waals surface area (Å²) >= 11 is 0. The summed E-state index contributed by atoms with van der Waals surface area (Å²) < 4.78 is 8.00. The number of hydrogen-bond donors (Lipinski definition) is 2. The van der Waals surface area contributed by atoms with Gasteiger partial charge < -0.3 is 15.4 Å². The topological polar surface area (TPSA) is 63.5 Å². The van der Waals surface area contributed by atoms with E-state index in [-0.39, 0.29) is 36.1 Å². The number of nitrogens with one attached hydrogen (secondary N) is 2.